The monoisotopic (exact) mass is 421 g/mol. The molecule has 1 aliphatic heterocycles. The van der Waals surface area contributed by atoms with E-state index in [-0.39, 0.29) is 5.56 Å². The van der Waals surface area contributed by atoms with Gasteiger partial charge in [0.25, 0.3) is 5.91 Å². The highest BCUT2D eigenvalue weighted by Crippen LogP contribution is 2.44. The van der Waals surface area contributed by atoms with E-state index in [1.54, 1.807) is 12.1 Å². The lowest BCUT2D eigenvalue weighted by Crippen LogP contribution is -2.44. The Balaban J connectivity index is 1.93. The summed E-state index contributed by atoms with van der Waals surface area (Å²) in [5, 5.41) is 0.0604. The number of carbonyl (C=O) groups is 2. The van der Waals surface area contributed by atoms with Crippen molar-refractivity contribution in [1.29, 1.82) is 0 Å². The number of carbonyl (C=O) groups excluding carboxylic acids is 2. The number of benzene rings is 2. The van der Waals surface area contributed by atoms with Gasteiger partial charge in [0.1, 0.15) is 17.2 Å². The SMILES string of the molecule is CCCCOC(=O)C1CSC(c2ccccc2Cl)N1C(=O)c1cccc(F)c1. The van der Waals surface area contributed by atoms with Crippen LogP contribution in [0.2, 0.25) is 5.02 Å². The molecular formula is C21H21ClFNO3S. The first kappa shape index (κ1) is 20.7. The van der Waals surface area contributed by atoms with Gasteiger partial charge in [0.15, 0.2) is 0 Å². The van der Waals surface area contributed by atoms with E-state index in [4.69, 9.17) is 16.3 Å². The van der Waals surface area contributed by atoms with Gasteiger partial charge in [0.2, 0.25) is 0 Å². The molecule has 0 bridgehead atoms. The fourth-order valence-electron chi connectivity index (χ4n) is 3.03. The minimum atomic E-state index is -0.751. The average Bonchev–Trinajstić information content (AvgIpc) is 3.12. The predicted octanol–water partition coefficient (Wildman–Crippen LogP) is 5.08. The highest BCUT2D eigenvalue weighted by Gasteiger charge is 2.44. The van der Waals surface area contributed by atoms with Crippen LogP contribution in [0.15, 0.2) is 48.5 Å². The Morgan fingerprint density at radius 3 is 2.75 bits per heavy atom. The van der Waals surface area contributed by atoms with Crippen LogP contribution in [0.25, 0.3) is 0 Å². The van der Waals surface area contributed by atoms with E-state index in [2.05, 4.69) is 0 Å². The largest absolute Gasteiger partial charge is 0.464 e. The number of esters is 1. The summed E-state index contributed by atoms with van der Waals surface area (Å²) in [5.74, 6) is -0.983. The molecule has 28 heavy (non-hydrogen) atoms. The number of rotatable bonds is 6. The number of halogens is 2. The minimum Gasteiger partial charge on any atom is -0.464 e. The molecule has 7 heteroatoms. The quantitative estimate of drug-likeness (QED) is 0.482. The van der Waals surface area contributed by atoms with Gasteiger partial charge in [0.05, 0.1) is 6.61 Å². The van der Waals surface area contributed by atoms with Crippen LogP contribution < -0.4 is 0 Å². The molecule has 4 nitrogen and oxygen atoms in total. The third kappa shape index (κ3) is 4.50. The van der Waals surface area contributed by atoms with Crippen molar-refractivity contribution in [2.24, 2.45) is 0 Å². The first-order valence-corrected chi connectivity index (χ1v) is 10.6. The zero-order chi connectivity index (χ0) is 20.1. The number of nitrogens with zero attached hydrogens (tertiary/aromatic N) is 1. The molecule has 1 amide bonds. The Kier molecular flexibility index (Phi) is 6.97. The Morgan fingerprint density at radius 1 is 1.25 bits per heavy atom. The van der Waals surface area contributed by atoms with Gasteiger partial charge in [-0.15, -0.1) is 11.8 Å². The standard InChI is InChI=1S/C21H21ClFNO3S/c1-2-3-11-27-21(26)18-13-28-20(16-9-4-5-10-17(16)22)24(18)19(25)14-7-6-8-15(23)12-14/h4-10,12,18,20H,2-3,11,13H2,1H3. The van der Waals surface area contributed by atoms with Crippen LogP contribution in [0.1, 0.15) is 41.1 Å². The van der Waals surface area contributed by atoms with Crippen molar-refractivity contribution in [2.75, 3.05) is 12.4 Å². The lowest BCUT2D eigenvalue weighted by molar-refractivity contribution is -0.148. The number of amides is 1. The molecule has 1 heterocycles. The Hall–Kier alpha value is -2.05. The van der Waals surface area contributed by atoms with Gasteiger partial charge in [-0.2, -0.15) is 0 Å². The van der Waals surface area contributed by atoms with Crippen LogP contribution in [0.4, 0.5) is 4.39 Å². The maximum Gasteiger partial charge on any atom is 0.329 e. The molecule has 0 spiro atoms. The molecular weight excluding hydrogens is 401 g/mol. The van der Waals surface area contributed by atoms with E-state index in [9.17, 15) is 14.0 Å². The molecule has 0 aliphatic carbocycles. The molecule has 2 atom stereocenters. The third-order valence-electron chi connectivity index (χ3n) is 4.49. The summed E-state index contributed by atoms with van der Waals surface area (Å²) in [6.07, 6.45) is 1.66. The molecule has 1 aliphatic rings. The van der Waals surface area contributed by atoms with Crippen molar-refractivity contribution >= 4 is 35.2 Å². The molecule has 3 rings (SSSR count). The number of ether oxygens (including phenoxy) is 1. The van der Waals surface area contributed by atoms with Crippen molar-refractivity contribution in [1.82, 2.24) is 4.90 Å². The van der Waals surface area contributed by atoms with Crippen molar-refractivity contribution in [3.05, 3.63) is 70.5 Å². The maximum atomic E-state index is 13.7. The molecule has 2 unspecified atom stereocenters. The lowest BCUT2D eigenvalue weighted by atomic mass is 10.1. The zero-order valence-corrected chi connectivity index (χ0v) is 17.0. The maximum absolute atomic E-state index is 13.7. The molecule has 148 valence electrons. The summed E-state index contributed by atoms with van der Waals surface area (Å²) in [6.45, 7) is 2.32. The van der Waals surface area contributed by atoms with E-state index < -0.39 is 29.1 Å². The normalized spacial score (nSPS) is 18.9. The lowest BCUT2D eigenvalue weighted by Gasteiger charge is -2.29. The van der Waals surface area contributed by atoms with Gasteiger partial charge in [-0.3, -0.25) is 4.79 Å². The Bertz CT molecular complexity index is 863. The molecule has 0 aromatic heterocycles. The van der Waals surface area contributed by atoms with Gasteiger partial charge < -0.3 is 9.64 Å². The van der Waals surface area contributed by atoms with Crippen LogP contribution in [-0.4, -0.2) is 35.2 Å². The fourth-order valence-corrected chi connectivity index (χ4v) is 4.79. The van der Waals surface area contributed by atoms with Crippen molar-refractivity contribution in [2.45, 2.75) is 31.2 Å². The van der Waals surface area contributed by atoms with Gasteiger partial charge in [-0.05, 0) is 30.7 Å². The van der Waals surface area contributed by atoms with Crippen molar-refractivity contribution < 1.29 is 18.7 Å². The second-order valence-corrected chi connectivity index (χ2v) is 7.99. The minimum absolute atomic E-state index is 0.186. The fraction of sp³-hybridized carbons (Fsp3) is 0.333. The Labute approximate surface area is 173 Å². The topological polar surface area (TPSA) is 46.6 Å². The second-order valence-electron chi connectivity index (χ2n) is 6.47. The molecule has 1 saturated heterocycles. The van der Waals surface area contributed by atoms with E-state index in [0.717, 1.165) is 18.4 Å². The number of hydrogen-bond donors (Lipinski definition) is 0. The van der Waals surface area contributed by atoms with Crippen LogP contribution in [-0.2, 0) is 9.53 Å². The Morgan fingerprint density at radius 2 is 2.04 bits per heavy atom. The number of thioether (sulfide) groups is 1. The summed E-state index contributed by atoms with van der Waals surface area (Å²) < 4.78 is 19.0. The highest BCUT2D eigenvalue weighted by molar-refractivity contribution is 7.99. The number of hydrogen-bond acceptors (Lipinski definition) is 4. The van der Waals surface area contributed by atoms with E-state index in [1.165, 1.54) is 40.9 Å². The van der Waals surface area contributed by atoms with Gasteiger partial charge >= 0.3 is 5.97 Å². The molecule has 2 aromatic carbocycles. The van der Waals surface area contributed by atoms with E-state index in [0.29, 0.717) is 17.4 Å². The molecule has 1 fully saturated rings. The molecule has 0 saturated carbocycles. The van der Waals surface area contributed by atoms with Crippen LogP contribution in [0.5, 0.6) is 0 Å². The molecule has 0 N–H and O–H groups in total. The van der Waals surface area contributed by atoms with Gasteiger partial charge in [-0.25, -0.2) is 9.18 Å². The predicted molar refractivity (Wildman–Crippen MR) is 109 cm³/mol. The van der Waals surface area contributed by atoms with Crippen LogP contribution >= 0.6 is 23.4 Å². The first-order chi connectivity index (χ1) is 13.5. The third-order valence-corrected chi connectivity index (χ3v) is 6.14. The summed E-state index contributed by atoms with van der Waals surface area (Å²) in [5.41, 5.74) is 0.925. The number of unbranched alkanes of at least 4 members (excludes halogenated alkanes) is 1. The van der Waals surface area contributed by atoms with Gasteiger partial charge in [-0.1, -0.05) is 49.2 Å². The summed E-state index contributed by atoms with van der Waals surface area (Å²) in [7, 11) is 0. The van der Waals surface area contributed by atoms with E-state index in [1.807, 2.05) is 19.1 Å². The van der Waals surface area contributed by atoms with Gasteiger partial charge in [0, 0.05) is 21.9 Å². The highest BCUT2D eigenvalue weighted by atomic mass is 35.5. The van der Waals surface area contributed by atoms with Crippen LogP contribution in [0.3, 0.4) is 0 Å². The average molecular weight is 422 g/mol. The summed E-state index contributed by atoms with van der Waals surface area (Å²) in [6, 6.07) is 11.9. The smallest absolute Gasteiger partial charge is 0.329 e. The van der Waals surface area contributed by atoms with E-state index >= 15 is 0 Å². The summed E-state index contributed by atoms with van der Waals surface area (Å²) in [4.78, 5) is 27.4. The molecule has 0 radical (unpaired) electrons. The van der Waals surface area contributed by atoms with Crippen molar-refractivity contribution in [3.63, 3.8) is 0 Å². The van der Waals surface area contributed by atoms with Crippen molar-refractivity contribution in [3.8, 4) is 0 Å². The zero-order valence-electron chi connectivity index (χ0n) is 15.4. The summed E-state index contributed by atoms with van der Waals surface area (Å²) >= 11 is 7.79. The molecule has 2 aromatic rings. The van der Waals surface area contributed by atoms with Crippen LogP contribution in [0, 0.1) is 5.82 Å². The second kappa shape index (κ2) is 9.43. The first-order valence-electron chi connectivity index (χ1n) is 9.13.